The van der Waals surface area contributed by atoms with Crippen LogP contribution < -0.4 is 11.1 Å². The molecular weight excluding hydrogens is 352 g/mol. The quantitative estimate of drug-likeness (QED) is 0.584. The van der Waals surface area contributed by atoms with Crippen LogP contribution in [0.3, 0.4) is 0 Å². The van der Waals surface area contributed by atoms with Gasteiger partial charge in [-0.25, -0.2) is 9.59 Å². The number of carboxylic acids is 2. The molecule has 0 unspecified atom stereocenters. The highest BCUT2D eigenvalue weighted by Crippen LogP contribution is 2.27. The number of primary amides is 1. The van der Waals surface area contributed by atoms with Crippen molar-refractivity contribution in [2.45, 2.75) is 6.42 Å². The molecule has 0 aliphatic rings. The summed E-state index contributed by atoms with van der Waals surface area (Å²) < 4.78 is 0. The normalized spacial score (nSPS) is 10.1. The van der Waals surface area contributed by atoms with Gasteiger partial charge in [-0.3, -0.25) is 9.59 Å². The second-order valence-corrected chi connectivity index (χ2v) is 5.51. The number of benzene rings is 2. The van der Waals surface area contributed by atoms with E-state index in [4.69, 9.17) is 5.73 Å². The largest absolute Gasteiger partial charge is 0.478 e. The van der Waals surface area contributed by atoms with Gasteiger partial charge >= 0.3 is 11.9 Å². The van der Waals surface area contributed by atoms with E-state index < -0.39 is 40.4 Å². The van der Waals surface area contributed by atoms with Crippen LogP contribution in [0.4, 0.5) is 0 Å². The Morgan fingerprint density at radius 2 is 1.56 bits per heavy atom. The molecule has 0 saturated carbocycles. The summed E-state index contributed by atoms with van der Waals surface area (Å²) in [4.78, 5) is 47.8. The third-order valence-electron chi connectivity index (χ3n) is 3.83. The SMILES string of the molecule is C=CNC(=O)c1cc(C(N)=O)c(C(=O)O)c(Cc2ccccc2)c1C(=O)O. The molecule has 27 heavy (non-hydrogen) atoms. The van der Waals surface area contributed by atoms with Crippen molar-refractivity contribution in [3.8, 4) is 0 Å². The molecule has 8 heteroatoms. The van der Waals surface area contributed by atoms with Gasteiger partial charge in [0.15, 0.2) is 0 Å². The van der Waals surface area contributed by atoms with Crippen molar-refractivity contribution in [3.63, 3.8) is 0 Å². The third-order valence-corrected chi connectivity index (χ3v) is 3.83. The van der Waals surface area contributed by atoms with Crippen LogP contribution in [0, 0.1) is 0 Å². The highest BCUT2D eigenvalue weighted by Gasteiger charge is 2.30. The summed E-state index contributed by atoms with van der Waals surface area (Å²) >= 11 is 0. The second kappa shape index (κ2) is 7.96. The lowest BCUT2D eigenvalue weighted by Crippen LogP contribution is -2.26. The van der Waals surface area contributed by atoms with Gasteiger partial charge in [0.05, 0.1) is 22.3 Å². The van der Waals surface area contributed by atoms with Gasteiger partial charge in [-0.1, -0.05) is 36.9 Å². The van der Waals surface area contributed by atoms with Crippen LogP contribution in [0.5, 0.6) is 0 Å². The van der Waals surface area contributed by atoms with Crippen molar-refractivity contribution in [2.24, 2.45) is 5.73 Å². The molecule has 0 aromatic heterocycles. The Bertz CT molecular complexity index is 950. The first-order chi connectivity index (χ1) is 12.8. The zero-order valence-electron chi connectivity index (χ0n) is 14.1. The predicted molar refractivity (Wildman–Crippen MR) is 95.8 cm³/mol. The fourth-order valence-electron chi connectivity index (χ4n) is 2.75. The number of hydrogen-bond acceptors (Lipinski definition) is 4. The number of hydrogen-bond donors (Lipinski definition) is 4. The van der Waals surface area contributed by atoms with E-state index >= 15 is 0 Å². The van der Waals surface area contributed by atoms with E-state index in [1.54, 1.807) is 30.3 Å². The van der Waals surface area contributed by atoms with Gasteiger partial charge in [0.25, 0.3) is 5.91 Å². The summed E-state index contributed by atoms with van der Waals surface area (Å²) in [6.07, 6.45) is 0.916. The van der Waals surface area contributed by atoms with Crippen LogP contribution in [0.15, 0.2) is 49.2 Å². The van der Waals surface area contributed by atoms with E-state index in [-0.39, 0.29) is 17.5 Å². The van der Waals surface area contributed by atoms with Crippen LogP contribution in [0.25, 0.3) is 0 Å². The zero-order valence-corrected chi connectivity index (χ0v) is 14.1. The number of rotatable bonds is 7. The molecular formula is C19H16N2O6. The maximum absolute atomic E-state index is 12.3. The third kappa shape index (κ3) is 4.01. The van der Waals surface area contributed by atoms with Gasteiger partial charge in [0, 0.05) is 0 Å². The van der Waals surface area contributed by atoms with E-state index in [9.17, 15) is 29.4 Å². The molecule has 2 aromatic rings. The fraction of sp³-hybridized carbons (Fsp3) is 0.0526. The molecule has 0 atom stereocenters. The summed E-state index contributed by atoms with van der Waals surface area (Å²) in [5.41, 5.74) is 3.80. The van der Waals surface area contributed by atoms with Crippen LogP contribution >= 0.6 is 0 Å². The summed E-state index contributed by atoms with van der Waals surface area (Å²) in [6.45, 7) is 3.33. The molecule has 0 spiro atoms. The molecule has 0 aliphatic heterocycles. The summed E-state index contributed by atoms with van der Waals surface area (Å²) in [7, 11) is 0. The fourth-order valence-corrected chi connectivity index (χ4v) is 2.75. The minimum atomic E-state index is -1.52. The summed E-state index contributed by atoms with van der Waals surface area (Å²) in [5, 5.41) is 21.5. The lowest BCUT2D eigenvalue weighted by Gasteiger charge is -2.17. The average Bonchev–Trinajstić information content (AvgIpc) is 2.61. The summed E-state index contributed by atoms with van der Waals surface area (Å²) in [5.74, 6) is -4.97. The van der Waals surface area contributed by atoms with Crippen molar-refractivity contribution in [3.05, 3.63) is 82.6 Å². The monoisotopic (exact) mass is 368 g/mol. The Morgan fingerprint density at radius 1 is 1.00 bits per heavy atom. The van der Waals surface area contributed by atoms with Crippen molar-refractivity contribution in [2.75, 3.05) is 0 Å². The lowest BCUT2D eigenvalue weighted by atomic mass is 9.87. The first-order valence-electron chi connectivity index (χ1n) is 7.69. The molecule has 8 nitrogen and oxygen atoms in total. The Kier molecular flexibility index (Phi) is 5.71. The first-order valence-corrected chi connectivity index (χ1v) is 7.69. The van der Waals surface area contributed by atoms with Gasteiger partial charge < -0.3 is 21.3 Å². The molecule has 0 heterocycles. The second-order valence-electron chi connectivity index (χ2n) is 5.51. The van der Waals surface area contributed by atoms with Gasteiger partial charge in [-0.05, 0) is 29.8 Å². The molecule has 0 bridgehead atoms. The van der Waals surface area contributed by atoms with E-state index in [0.29, 0.717) is 5.56 Å². The topological polar surface area (TPSA) is 147 Å². The molecule has 0 fully saturated rings. The number of nitrogens with one attached hydrogen (secondary N) is 1. The molecule has 5 N–H and O–H groups in total. The van der Waals surface area contributed by atoms with Crippen molar-refractivity contribution in [1.82, 2.24) is 5.32 Å². The molecule has 2 rings (SSSR count). The Balaban J connectivity index is 2.91. The Hall–Kier alpha value is -3.94. The highest BCUT2D eigenvalue weighted by molar-refractivity contribution is 6.13. The molecule has 0 aliphatic carbocycles. The summed E-state index contributed by atoms with van der Waals surface area (Å²) in [6, 6.07) is 9.33. The van der Waals surface area contributed by atoms with Crippen LogP contribution in [-0.4, -0.2) is 34.0 Å². The minimum Gasteiger partial charge on any atom is -0.478 e. The van der Waals surface area contributed by atoms with Gasteiger partial charge in [0.1, 0.15) is 0 Å². The standard InChI is InChI=1S/C19H16N2O6/c1-2-21-17(23)13-9-12(16(20)22)14(18(24)25)11(15(13)19(26)27)8-10-6-4-3-5-7-10/h2-7,9H,1,8H2,(H2,20,22)(H,21,23)(H,24,25)(H,26,27). The number of amides is 2. The molecule has 138 valence electrons. The smallest absolute Gasteiger partial charge is 0.336 e. The molecule has 2 amide bonds. The van der Waals surface area contributed by atoms with E-state index in [0.717, 1.165) is 12.3 Å². The number of carbonyl (C=O) groups is 4. The lowest BCUT2D eigenvalue weighted by molar-refractivity contribution is 0.0686. The van der Waals surface area contributed by atoms with E-state index in [1.807, 2.05) is 0 Å². The number of carbonyl (C=O) groups excluding carboxylic acids is 2. The van der Waals surface area contributed by atoms with Crippen LogP contribution in [-0.2, 0) is 6.42 Å². The van der Waals surface area contributed by atoms with Gasteiger partial charge in [-0.2, -0.15) is 0 Å². The van der Waals surface area contributed by atoms with E-state index in [2.05, 4.69) is 11.9 Å². The van der Waals surface area contributed by atoms with Gasteiger partial charge in [0.2, 0.25) is 5.91 Å². The zero-order chi connectivity index (χ0) is 20.1. The van der Waals surface area contributed by atoms with Crippen molar-refractivity contribution >= 4 is 23.8 Å². The first kappa shape index (κ1) is 19.4. The van der Waals surface area contributed by atoms with Crippen LogP contribution in [0.1, 0.15) is 52.6 Å². The number of aromatic carboxylic acids is 2. The maximum Gasteiger partial charge on any atom is 0.336 e. The van der Waals surface area contributed by atoms with Gasteiger partial charge in [-0.15, -0.1) is 0 Å². The number of nitrogens with two attached hydrogens (primary N) is 1. The Labute approximate surface area is 153 Å². The molecule has 2 aromatic carbocycles. The maximum atomic E-state index is 12.3. The Morgan fingerprint density at radius 3 is 2.04 bits per heavy atom. The van der Waals surface area contributed by atoms with Crippen molar-refractivity contribution in [1.29, 1.82) is 0 Å². The van der Waals surface area contributed by atoms with Crippen molar-refractivity contribution < 1.29 is 29.4 Å². The minimum absolute atomic E-state index is 0.125. The molecule has 0 radical (unpaired) electrons. The molecule has 0 saturated heterocycles. The predicted octanol–water partition coefficient (Wildman–Crippen LogP) is 1.65. The highest BCUT2D eigenvalue weighted by atomic mass is 16.4. The van der Waals surface area contributed by atoms with Crippen LogP contribution in [0.2, 0.25) is 0 Å². The van der Waals surface area contributed by atoms with E-state index in [1.165, 1.54) is 0 Å². The number of carboxylic acid groups (broad SMARTS) is 2. The average molecular weight is 368 g/mol.